The van der Waals surface area contributed by atoms with Gasteiger partial charge in [-0.1, -0.05) is 0 Å². The van der Waals surface area contributed by atoms with Crippen LogP contribution in [0.3, 0.4) is 0 Å². The summed E-state index contributed by atoms with van der Waals surface area (Å²) in [7, 11) is 3.65. The molecule has 2 aromatic heterocycles. The zero-order valence-electron chi connectivity index (χ0n) is 7.31. The van der Waals surface area contributed by atoms with Crippen LogP contribution in [-0.4, -0.2) is 39.6 Å². The second-order valence-electron chi connectivity index (χ2n) is 2.88. The van der Waals surface area contributed by atoms with Crippen molar-refractivity contribution in [3.63, 3.8) is 0 Å². The second kappa shape index (κ2) is 2.58. The molecule has 0 atom stereocenters. The molecule has 6 heteroatoms. The van der Waals surface area contributed by atoms with Crippen molar-refractivity contribution in [1.82, 2.24) is 20.4 Å². The van der Waals surface area contributed by atoms with Gasteiger partial charge in [-0.05, 0) is 0 Å². The van der Waals surface area contributed by atoms with Gasteiger partial charge in [-0.2, -0.15) is 10.3 Å². The fourth-order valence-electron chi connectivity index (χ4n) is 1.22. The SMILES string of the molecule is CN(C)c1c(O)cnc2n[nH]nc12. The highest BCUT2D eigenvalue weighted by atomic mass is 16.3. The minimum Gasteiger partial charge on any atom is -0.504 e. The Morgan fingerprint density at radius 1 is 1.38 bits per heavy atom. The number of fused-ring (bicyclic) bond motifs is 1. The van der Waals surface area contributed by atoms with Gasteiger partial charge in [0, 0.05) is 14.1 Å². The van der Waals surface area contributed by atoms with Gasteiger partial charge in [0.15, 0.2) is 11.3 Å². The first-order chi connectivity index (χ1) is 6.20. The van der Waals surface area contributed by atoms with E-state index in [1.54, 1.807) is 4.90 Å². The number of anilines is 1. The van der Waals surface area contributed by atoms with Crippen LogP contribution in [0.15, 0.2) is 6.20 Å². The highest BCUT2D eigenvalue weighted by molar-refractivity contribution is 5.88. The van der Waals surface area contributed by atoms with Crippen molar-refractivity contribution in [3.8, 4) is 5.75 Å². The van der Waals surface area contributed by atoms with E-state index in [1.165, 1.54) is 6.20 Å². The van der Waals surface area contributed by atoms with E-state index in [2.05, 4.69) is 20.4 Å². The van der Waals surface area contributed by atoms with Crippen molar-refractivity contribution in [2.24, 2.45) is 0 Å². The van der Waals surface area contributed by atoms with Crippen molar-refractivity contribution in [1.29, 1.82) is 0 Å². The molecule has 0 spiro atoms. The molecule has 2 aromatic rings. The third kappa shape index (κ3) is 1.07. The van der Waals surface area contributed by atoms with E-state index in [1.807, 2.05) is 14.1 Å². The predicted octanol–water partition coefficient (Wildman–Crippen LogP) is 0.124. The lowest BCUT2D eigenvalue weighted by Crippen LogP contribution is -2.09. The minimum atomic E-state index is 0.103. The standard InChI is InChI=1S/C7H9N5O/c1-12(2)6-4(13)3-8-7-5(6)9-11-10-7/h3,13H,1-2H3,(H,8,9,10,11). The van der Waals surface area contributed by atoms with Gasteiger partial charge >= 0.3 is 0 Å². The summed E-state index contributed by atoms with van der Waals surface area (Å²) >= 11 is 0. The monoisotopic (exact) mass is 179 g/mol. The number of nitrogens with one attached hydrogen (secondary N) is 1. The van der Waals surface area contributed by atoms with Gasteiger partial charge in [0.1, 0.15) is 5.69 Å². The van der Waals surface area contributed by atoms with Crippen LogP contribution < -0.4 is 4.90 Å². The van der Waals surface area contributed by atoms with Crippen LogP contribution in [0.5, 0.6) is 5.75 Å². The summed E-state index contributed by atoms with van der Waals surface area (Å²) in [6.45, 7) is 0. The maximum absolute atomic E-state index is 9.51. The highest BCUT2D eigenvalue weighted by Gasteiger charge is 2.12. The lowest BCUT2D eigenvalue weighted by atomic mass is 10.3. The lowest BCUT2D eigenvalue weighted by Gasteiger charge is -2.13. The third-order valence-electron chi connectivity index (χ3n) is 1.75. The molecule has 0 amide bonds. The average Bonchev–Trinajstić information content (AvgIpc) is 2.50. The van der Waals surface area contributed by atoms with Crippen LogP contribution in [0.1, 0.15) is 0 Å². The number of hydrogen-bond donors (Lipinski definition) is 2. The molecule has 0 aliphatic carbocycles. The zero-order valence-corrected chi connectivity index (χ0v) is 7.31. The molecule has 0 bridgehead atoms. The molecule has 0 radical (unpaired) electrons. The van der Waals surface area contributed by atoms with E-state index in [9.17, 15) is 5.11 Å². The molecule has 0 aromatic carbocycles. The van der Waals surface area contributed by atoms with Crippen LogP contribution in [0.25, 0.3) is 11.2 Å². The molecule has 0 aliphatic rings. The number of aromatic amines is 1. The molecule has 68 valence electrons. The van der Waals surface area contributed by atoms with E-state index in [4.69, 9.17) is 0 Å². The normalized spacial score (nSPS) is 10.6. The van der Waals surface area contributed by atoms with E-state index in [0.29, 0.717) is 16.9 Å². The molecule has 2 N–H and O–H groups in total. The fraction of sp³-hybridized carbons (Fsp3) is 0.286. The van der Waals surface area contributed by atoms with Crippen molar-refractivity contribution in [2.45, 2.75) is 0 Å². The minimum absolute atomic E-state index is 0.103. The van der Waals surface area contributed by atoms with E-state index < -0.39 is 0 Å². The molecular weight excluding hydrogens is 170 g/mol. The van der Waals surface area contributed by atoms with Crippen molar-refractivity contribution in [3.05, 3.63) is 6.20 Å². The van der Waals surface area contributed by atoms with Gasteiger partial charge in [0.05, 0.1) is 6.20 Å². The Morgan fingerprint density at radius 3 is 2.85 bits per heavy atom. The number of aromatic hydroxyl groups is 1. The number of hydrogen-bond acceptors (Lipinski definition) is 5. The number of H-pyrrole nitrogens is 1. The van der Waals surface area contributed by atoms with E-state index in [0.717, 1.165) is 0 Å². The fourth-order valence-corrected chi connectivity index (χ4v) is 1.22. The molecule has 13 heavy (non-hydrogen) atoms. The largest absolute Gasteiger partial charge is 0.504 e. The van der Waals surface area contributed by atoms with Crippen LogP contribution in [-0.2, 0) is 0 Å². The first-order valence-electron chi connectivity index (χ1n) is 3.76. The molecule has 6 nitrogen and oxygen atoms in total. The lowest BCUT2D eigenvalue weighted by molar-refractivity contribution is 0.474. The molecule has 0 unspecified atom stereocenters. The Hall–Kier alpha value is -1.85. The number of aromatic nitrogens is 4. The first kappa shape index (κ1) is 7.78. The Morgan fingerprint density at radius 2 is 2.15 bits per heavy atom. The summed E-state index contributed by atoms with van der Waals surface area (Å²) in [5.74, 6) is 0.103. The Kier molecular flexibility index (Phi) is 1.54. The summed E-state index contributed by atoms with van der Waals surface area (Å²) in [5, 5.41) is 19.7. The van der Waals surface area contributed by atoms with Gasteiger partial charge < -0.3 is 10.0 Å². The number of nitrogens with zero attached hydrogens (tertiary/aromatic N) is 4. The Labute approximate surface area is 74.2 Å². The van der Waals surface area contributed by atoms with E-state index >= 15 is 0 Å². The summed E-state index contributed by atoms with van der Waals surface area (Å²) in [5.41, 5.74) is 1.70. The summed E-state index contributed by atoms with van der Waals surface area (Å²) in [6, 6.07) is 0. The van der Waals surface area contributed by atoms with Crippen molar-refractivity contribution in [2.75, 3.05) is 19.0 Å². The summed E-state index contributed by atoms with van der Waals surface area (Å²) < 4.78 is 0. The van der Waals surface area contributed by atoms with Crippen molar-refractivity contribution < 1.29 is 5.11 Å². The molecule has 0 fully saturated rings. The molecular formula is C7H9N5O. The average molecular weight is 179 g/mol. The van der Waals surface area contributed by atoms with Crippen LogP contribution in [0.2, 0.25) is 0 Å². The zero-order chi connectivity index (χ0) is 9.42. The van der Waals surface area contributed by atoms with Crippen LogP contribution >= 0.6 is 0 Å². The summed E-state index contributed by atoms with van der Waals surface area (Å²) in [6.07, 6.45) is 1.36. The molecule has 2 rings (SSSR count). The van der Waals surface area contributed by atoms with Crippen molar-refractivity contribution >= 4 is 16.9 Å². The van der Waals surface area contributed by atoms with Gasteiger partial charge in [-0.15, -0.1) is 5.10 Å². The van der Waals surface area contributed by atoms with Crippen LogP contribution in [0, 0.1) is 0 Å². The smallest absolute Gasteiger partial charge is 0.203 e. The van der Waals surface area contributed by atoms with Crippen LogP contribution in [0.4, 0.5) is 5.69 Å². The first-order valence-corrected chi connectivity index (χ1v) is 3.76. The van der Waals surface area contributed by atoms with Gasteiger partial charge in [-0.3, -0.25) is 0 Å². The molecule has 0 saturated heterocycles. The highest BCUT2D eigenvalue weighted by Crippen LogP contribution is 2.29. The molecule has 2 heterocycles. The Balaban J connectivity index is 2.80. The maximum atomic E-state index is 9.51. The van der Waals surface area contributed by atoms with Gasteiger partial charge in [-0.25, -0.2) is 4.98 Å². The second-order valence-corrected chi connectivity index (χ2v) is 2.88. The summed E-state index contributed by atoms with van der Waals surface area (Å²) in [4.78, 5) is 5.67. The molecule has 0 aliphatic heterocycles. The predicted molar refractivity (Wildman–Crippen MR) is 47.7 cm³/mol. The van der Waals surface area contributed by atoms with Gasteiger partial charge in [0.25, 0.3) is 0 Å². The molecule has 0 saturated carbocycles. The van der Waals surface area contributed by atoms with E-state index in [-0.39, 0.29) is 5.75 Å². The quantitative estimate of drug-likeness (QED) is 0.650. The topological polar surface area (TPSA) is 77.9 Å². The number of rotatable bonds is 1. The maximum Gasteiger partial charge on any atom is 0.203 e. The van der Waals surface area contributed by atoms with Gasteiger partial charge in [0.2, 0.25) is 5.65 Å². The number of pyridine rings is 1. The third-order valence-corrected chi connectivity index (χ3v) is 1.75. The Bertz CT molecular complexity index is 435.